The van der Waals surface area contributed by atoms with Crippen LogP contribution in [0.5, 0.6) is 0 Å². The van der Waals surface area contributed by atoms with Crippen LogP contribution < -0.4 is 0 Å². The lowest BCUT2D eigenvalue weighted by molar-refractivity contribution is -0.0968. The Morgan fingerprint density at radius 3 is 2.50 bits per heavy atom. The van der Waals surface area contributed by atoms with Gasteiger partial charge in [-0.15, -0.1) is 0 Å². The predicted octanol–water partition coefficient (Wildman–Crippen LogP) is 6.25. The van der Waals surface area contributed by atoms with Crippen LogP contribution in [0, 0.1) is 17.3 Å². The molecule has 0 unspecified atom stereocenters. The van der Waals surface area contributed by atoms with Crippen molar-refractivity contribution in [1.29, 1.82) is 0 Å². The monoisotopic (exact) mass is 474 g/mol. The maximum atomic E-state index is 10.8. The molecule has 3 rings (SSSR count). The van der Waals surface area contributed by atoms with E-state index >= 15 is 0 Å². The highest BCUT2D eigenvalue weighted by Gasteiger charge is 2.55. The number of allylic oxidation sites excluding steroid dienone is 3. The molecule has 0 aromatic rings. The van der Waals surface area contributed by atoms with E-state index in [1.807, 2.05) is 7.11 Å². The molecule has 3 N–H and O–H groups in total. The van der Waals surface area contributed by atoms with E-state index in [1.165, 1.54) is 31.3 Å². The highest BCUT2D eigenvalue weighted by molar-refractivity contribution is 5.38. The van der Waals surface area contributed by atoms with Crippen molar-refractivity contribution < 1.29 is 20.1 Å². The molecule has 0 radical (unpaired) electrons. The van der Waals surface area contributed by atoms with Gasteiger partial charge >= 0.3 is 0 Å². The topological polar surface area (TPSA) is 69.9 Å². The first kappa shape index (κ1) is 27.6. The standard InChI is InChI=1S/C30H50O4/c1-7-30(33,8-2)18-10-17-29(5,34-6)27-15-14-25-22(11-9-16-28(25,27)4)12-13-23-19-24(31)20-26(32)21(23)3/h12-13,24-27,31-33H,3,7-11,14-20H2,1-2,4-6H3/b22-12+,23-13-/t24-,25+,26+,27+,28+,29+/m1/s1. The molecule has 3 fully saturated rings. The van der Waals surface area contributed by atoms with Gasteiger partial charge in [-0.05, 0) is 106 Å². The molecule has 0 aromatic heterocycles. The van der Waals surface area contributed by atoms with Gasteiger partial charge in [-0.1, -0.05) is 45.1 Å². The van der Waals surface area contributed by atoms with Crippen molar-refractivity contribution in [3.8, 4) is 0 Å². The maximum Gasteiger partial charge on any atom is 0.0811 e. The molecular formula is C30H50O4. The van der Waals surface area contributed by atoms with Gasteiger partial charge in [0.15, 0.2) is 0 Å². The number of aliphatic hydroxyl groups is 3. The summed E-state index contributed by atoms with van der Waals surface area (Å²) in [6, 6.07) is 0. The summed E-state index contributed by atoms with van der Waals surface area (Å²) < 4.78 is 6.27. The Morgan fingerprint density at radius 2 is 1.85 bits per heavy atom. The van der Waals surface area contributed by atoms with Crippen molar-refractivity contribution in [2.24, 2.45) is 17.3 Å². The summed E-state index contributed by atoms with van der Waals surface area (Å²) in [5, 5.41) is 31.1. The molecule has 0 heterocycles. The lowest BCUT2D eigenvalue weighted by Gasteiger charge is -2.49. The fourth-order valence-electron chi connectivity index (χ4n) is 7.50. The van der Waals surface area contributed by atoms with Crippen molar-refractivity contribution in [2.75, 3.05) is 7.11 Å². The summed E-state index contributed by atoms with van der Waals surface area (Å²) in [5.74, 6) is 1.04. The van der Waals surface area contributed by atoms with E-state index < -0.39 is 17.8 Å². The summed E-state index contributed by atoms with van der Waals surface area (Å²) in [6.07, 6.45) is 14.6. The largest absolute Gasteiger partial charge is 0.393 e. The summed E-state index contributed by atoms with van der Waals surface area (Å²) in [4.78, 5) is 0. The molecule has 0 aliphatic heterocycles. The number of ether oxygens (including phenoxy) is 1. The second kappa shape index (κ2) is 11.0. The van der Waals surface area contributed by atoms with Crippen LogP contribution in [0.2, 0.25) is 0 Å². The van der Waals surface area contributed by atoms with Crippen LogP contribution in [0.1, 0.15) is 105 Å². The Morgan fingerprint density at radius 1 is 1.15 bits per heavy atom. The zero-order chi connectivity index (χ0) is 25.1. The quantitative estimate of drug-likeness (QED) is 0.369. The Bertz CT molecular complexity index is 779. The minimum atomic E-state index is -0.638. The van der Waals surface area contributed by atoms with E-state index in [0.29, 0.717) is 24.7 Å². The van der Waals surface area contributed by atoms with E-state index in [0.717, 1.165) is 49.7 Å². The molecule has 4 heteroatoms. The minimum absolute atomic E-state index is 0.182. The smallest absolute Gasteiger partial charge is 0.0811 e. The third-order valence-electron chi connectivity index (χ3n) is 10.1. The van der Waals surface area contributed by atoms with Crippen LogP contribution in [0.4, 0.5) is 0 Å². The summed E-state index contributed by atoms with van der Waals surface area (Å²) in [6.45, 7) is 13.0. The molecule has 3 saturated carbocycles. The van der Waals surface area contributed by atoms with Crippen molar-refractivity contribution in [3.63, 3.8) is 0 Å². The van der Waals surface area contributed by atoms with E-state index in [4.69, 9.17) is 4.74 Å². The SMILES string of the molecule is C=C1/C(=C\C=C2/CCC[C@@]3(C)[C@H]2CC[C@@H]3[C@](C)(CCCC(O)(CC)CC)OC)C[C@@H](O)C[C@@H]1O. The molecule has 0 aromatic carbocycles. The average Bonchev–Trinajstić information content (AvgIpc) is 3.18. The van der Waals surface area contributed by atoms with Crippen LogP contribution in [-0.2, 0) is 4.74 Å². The Kier molecular flexibility index (Phi) is 8.93. The third kappa shape index (κ3) is 5.56. The molecular weight excluding hydrogens is 424 g/mol. The summed E-state index contributed by atoms with van der Waals surface area (Å²) >= 11 is 0. The van der Waals surface area contributed by atoms with Crippen LogP contribution in [-0.4, -0.2) is 45.8 Å². The Labute approximate surface area is 208 Å². The van der Waals surface area contributed by atoms with Crippen LogP contribution >= 0.6 is 0 Å². The van der Waals surface area contributed by atoms with Gasteiger partial charge in [-0.3, -0.25) is 0 Å². The first-order chi connectivity index (χ1) is 16.0. The first-order valence-corrected chi connectivity index (χ1v) is 13.7. The van der Waals surface area contributed by atoms with Gasteiger partial charge in [0, 0.05) is 13.5 Å². The Hall–Kier alpha value is -0.940. The molecule has 0 saturated heterocycles. The zero-order valence-corrected chi connectivity index (χ0v) is 22.4. The molecule has 34 heavy (non-hydrogen) atoms. The molecule has 0 bridgehead atoms. The number of aliphatic hydroxyl groups excluding tert-OH is 2. The normalized spacial score (nSPS) is 36.6. The third-order valence-corrected chi connectivity index (χ3v) is 10.1. The van der Waals surface area contributed by atoms with E-state index in [9.17, 15) is 15.3 Å². The molecule has 3 aliphatic carbocycles. The van der Waals surface area contributed by atoms with Gasteiger partial charge in [-0.25, -0.2) is 0 Å². The van der Waals surface area contributed by atoms with Crippen molar-refractivity contribution in [1.82, 2.24) is 0 Å². The second-order valence-electron chi connectivity index (χ2n) is 11.9. The highest BCUT2D eigenvalue weighted by atomic mass is 16.5. The number of methoxy groups -OCH3 is 1. The zero-order valence-electron chi connectivity index (χ0n) is 22.4. The molecule has 3 aliphatic rings. The van der Waals surface area contributed by atoms with Gasteiger partial charge in [0.05, 0.1) is 23.4 Å². The van der Waals surface area contributed by atoms with Crippen molar-refractivity contribution in [3.05, 3.63) is 35.5 Å². The lowest BCUT2D eigenvalue weighted by Crippen LogP contribution is -2.46. The first-order valence-electron chi connectivity index (χ1n) is 13.7. The van der Waals surface area contributed by atoms with Gasteiger partial charge < -0.3 is 20.1 Å². The second-order valence-corrected chi connectivity index (χ2v) is 11.9. The lowest BCUT2D eigenvalue weighted by atomic mass is 9.59. The Balaban J connectivity index is 1.76. The van der Waals surface area contributed by atoms with E-state index in [1.54, 1.807) is 0 Å². The number of fused-ring (bicyclic) bond motifs is 1. The van der Waals surface area contributed by atoms with Gasteiger partial charge in [-0.2, -0.15) is 0 Å². The molecule has 0 amide bonds. The van der Waals surface area contributed by atoms with Crippen molar-refractivity contribution in [2.45, 2.75) is 128 Å². The number of hydrogen-bond donors (Lipinski definition) is 3. The number of rotatable bonds is 9. The molecule has 4 nitrogen and oxygen atoms in total. The van der Waals surface area contributed by atoms with Gasteiger partial charge in [0.25, 0.3) is 0 Å². The molecule has 6 atom stereocenters. The van der Waals surface area contributed by atoms with Crippen LogP contribution in [0.25, 0.3) is 0 Å². The fraction of sp³-hybridized carbons (Fsp3) is 0.800. The van der Waals surface area contributed by atoms with Crippen LogP contribution in [0.15, 0.2) is 35.5 Å². The summed E-state index contributed by atoms with van der Waals surface area (Å²) in [5.41, 5.74) is 2.74. The maximum absolute atomic E-state index is 10.8. The predicted molar refractivity (Wildman–Crippen MR) is 140 cm³/mol. The highest BCUT2D eigenvalue weighted by Crippen LogP contribution is 2.61. The molecule has 0 spiro atoms. The average molecular weight is 475 g/mol. The summed E-state index contributed by atoms with van der Waals surface area (Å²) in [7, 11) is 1.87. The van der Waals surface area contributed by atoms with Crippen LogP contribution in [0.3, 0.4) is 0 Å². The number of hydrogen-bond acceptors (Lipinski definition) is 4. The fourth-order valence-corrected chi connectivity index (χ4v) is 7.50. The van der Waals surface area contributed by atoms with E-state index in [-0.39, 0.29) is 11.0 Å². The van der Waals surface area contributed by atoms with E-state index in [2.05, 4.69) is 46.4 Å². The van der Waals surface area contributed by atoms with Gasteiger partial charge in [0.2, 0.25) is 0 Å². The minimum Gasteiger partial charge on any atom is -0.393 e. The van der Waals surface area contributed by atoms with Crippen molar-refractivity contribution >= 4 is 0 Å². The molecule has 194 valence electrons. The van der Waals surface area contributed by atoms with Gasteiger partial charge in [0.1, 0.15) is 0 Å².